The van der Waals surface area contributed by atoms with Crippen molar-refractivity contribution in [3.05, 3.63) is 29.6 Å². The normalized spacial score (nSPS) is 12.7. The van der Waals surface area contributed by atoms with Crippen molar-refractivity contribution in [2.45, 2.75) is 66.2 Å². The van der Waals surface area contributed by atoms with Gasteiger partial charge in [-0.1, -0.05) is 54.0 Å². The third-order valence-corrected chi connectivity index (χ3v) is 5.91. The standard InChI is InChI=1S/C18H31NS/c1-7-17(3,4)14-20-13-11-16-15(10-9-12-19-16)18(5,6)8-2/h9-10,12H,7-8,11,13-14H2,1-6H3. The second-order valence-corrected chi connectivity index (χ2v) is 8.16. The van der Waals surface area contributed by atoms with Gasteiger partial charge in [0.25, 0.3) is 0 Å². The summed E-state index contributed by atoms with van der Waals surface area (Å²) in [5, 5.41) is 0. The molecule has 0 unspecified atom stereocenters. The summed E-state index contributed by atoms with van der Waals surface area (Å²) >= 11 is 2.07. The first-order chi connectivity index (χ1) is 9.32. The summed E-state index contributed by atoms with van der Waals surface area (Å²) < 4.78 is 0. The van der Waals surface area contributed by atoms with Crippen molar-refractivity contribution in [2.75, 3.05) is 11.5 Å². The molecule has 1 heterocycles. The molecular formula is C18H31NS. The summed E-state index contributed by atoms with van der Waals surface area (Å²) in [6.07, 6.45) is 5.43. The first-order valence-electron chi connectivity index (χ1n) is 7.84. The fourth-order valence-electron chi connectivity index (χ4n) is 2.06. The van der Waals surface area contributed by atoms with Gasteiger partial charge in [0.05, 0.1) is 0 Å². The van der Waals surface area contributed by atoms with E-state index in [0.717, 1.165) is 12.8 Å². The topological polar surface area (TPSA) is 12.9 Å². The van der Waals surface area contributed by atoms with E-state index >= 15 is 0 Å². The van der Waals surface area contributed by atoms with E-state index in [1.807, 2.05) is 6.20 Å². The third kappa shape index (κ3) is 5.12. The quantitative estimate of drug-likeness (QED) is 0.588. The molecule has 1 aromatic rings. The molecule has 0 saturated heterocycles. The van der Waals surface area contributed by atoms with Crippen molar-refractivity contribution in [1.82, 2.24) is 4.98 Å². The largest absolute Gasteiger partial charge is 0.261 e. The lowest BCUT2D eigenvalue weighted by atomic mass is 9.81. The van der Waals surface area contributed by atoms with Crippen LogP contribution in [0.3, 0.4) is 0 Å². The Bertz CT molecular complexity index is 410. The van der Waals surface area contributed by atoms with E-state index in [4.69, 9.17) is 0 Å². The molecule has 0 atom stereocenters. The number of aryl methyl sites for hydroxylation is 1. The molecule has 20 heavy (non-hydrogen) atoms. The van der Waals surface area contributed by atoms with Crippen LogP contribution >= 0.6 is 11.8 Å². The highest BCUT2D eigenvalue weighted by atomic mass is 32.2. The molecule has 0 amide bonds. The van der Waals surface area contributed by atoms with Crippen molar-refractivity contribution in [3.63, 3.8) is 0 Å². The van der Waals surface area contributed by atoms with Gasteiger partial charge in [0.15, 0.2) is 0 Å². The molecule has 0 radical (unpaired) electrons. The first-order valence-corrected chi connectivity index (χ1v) is 9.00. The molecule has 0 spiro atoms. The van der Waals surface area contributed by atoms with Gasteiger partial charge < -0.3 is 0 Å². The van der Waals surface area contributed by atoms with Gasteiger partial charge in [0, 0.05) is 11.9 Å². The average molecular weight is 294 g/mol. The smallest absolute Gasteiger partial charge is 0.0449 e. The van der Waals surface area contributed by atoms with Gasteiger partial charge in [-0.25, -0.2) is 0 Å². The molecule has 1 nitrogen and oxygen atoms in total. The SMILES string of the molecule is CCC(C)(C)CSCCc1ncccc1C(C)(C)CC. The van der Waals surface area contributed by atoms with Crippen molar-refractivity contribution < 1.29 is 0 Å². The minimum Gasteiger partial charge on any atom is -0.261 e. The lowest BCUT2D eigenvalue weighted by Gasteiger charge is -2.26. The highest BCUT2D eigenvalue weighted by Gasteiger charge is 2.22. The van der Waals surface area contributed by atoms with E-state index in [1.165, 1.54) is 29.2 Å². The van der Waals surface area contributed by atoms with Crippen molar-refractivity contribution in [3.8, 4) is 0 Å². The van der Waals surface area contributed by atoms with E-state index < -0.39 is 0 Å². The van der Waals surface area contributed by atoms with Crippen LogP contribution in [0.25, 0.3) is 0 Å². The van der Waals surface area contributed by atoms with Gasteiger partial charge in [-0.3, -0.25) is 4.98 Å². The number of hydrogen-bond acceptors (Lipinski definition) is 2. The van der Waals surface area contributed by atoms with Gasteiger partial charge in [-0.15, -0.1) is 0 Å². The van der Waals surface area contributed by atoms with Crippen molar-refractivity contribution >= 4 is 11.8 Å². The van der Waals surface area contributed by atoms with Crippen LogP contribution in [0.5, 0.6) is 0 Å². The Kier molecular flexibility index (Phi) is 6.57. The zero-order valence-electron chi connectivity index (χ0n) is 14.1. The summed E-state index contributed by atoms with van der Waals surface area (Å²) in [5.41, 5.74) is 3.41. The summed E-state index contributed by atoms with van der Waals surface area (Å²) in [6, 6.07) is 4.33. The molecule has 1 aromatic heterocycles. The number of aromatic nitrogens is 1. The predicted molar refractivity (Wildman–Crippen MR) is 92.7 cm³/mol. The lowest BCUT2D eigenvalue weighted by molar-refractivity contribution is 0.408. The third-order valence-electron chi connectivity index (χ3n) is 4.44. The van der Waals surface area contributed by atoms with Gasteiger partial charge in [-0.05, 0) is 46.8 Å². The summed E-state index contributed by atoms with van der Waals surface area (Å²) in [7, 11) is 0. The number of pyridine rings is 1. The van der Waals surface area contributed by atoms with Crippen molar-refractivity contribution in [2.24, 2.45) is 5.41 Å². The molecule has 2 heteroatoms. The number of thioether (sulfide) groups is 1. The highest BCUT2D eigenvalue weighted by Crippen LogP contribution is 2.30. The summed E-state index contributed by atoms with van der Waals surface area (Å²) in [5.74, 6) is 2.41. The van der Waals surface area contributed by atoms with E-state index in [9.17, 15) is 0 Å². The first kappa shape index (κ1) is 17.6. The zero-order chi connectivity index (χ0) is 15.2. The molecule has 114 valence electrons. The molecular weight excluding hydrogens is 262 g/mol. The monoisotopic (exact) mass is 293 g/mol. The maximum atomic E-state index is 4.63. The Morgan fingerprint density at radius 2 is 1.80 bits per heavy atom. The van der Waals surface area contributed by atoms with E-state index in [2.05, 4.69) is 70.4 Å². The number of nitrogens with zero attached hydrogens (tertiary/aromatic N) is 1. The molecule has 0 aliphatic rings. The molecule has 0 bridgehead atoms. The number of rotatable bonds is 8. The molecule has 0 aromatic carbocycles. The second-order valence-electron chi connectivity index (χ2n) is 7.06. The van der Waals surface area contributed by atoms with E-state index in [1.54, 1.807) is 0 Å². The van der Waals surface area contributed by atoms with Crippen molar-refractivity contribution in [1.29, 1.82) is 0 Å². The highest BCUT2D eigenvalue weighted by molar-refractivity contribution is 7.99. The molecule has 0 aliphatic carbocycles. The molecule has 0 aliphatic heterocycles. The minimum absolute atomic E-state index is 0.233. The number of hydrogen-bond donors (Lipinski definition) is 0. The van der Waals surface area contributed by atoms with Gasteiger partial charge in [0.2, 0.25) is 0 Å². The molecule has 1 rings (SSSR count). The Balaban J connectivity index is 2.61. The Hall–Kier alpha value is -0.500. The molecule has 0 saturated carbocycles. The van der Waals surface area contributed by atoms with Crippen LogP contribution in [0.2, 0.25) is 0 Å². The second kappa shape index (κ2) is 7.49. The van der Waals surface area contributed by atoms with Crippen LogP contribution in [0.15, 0.2) is 18.3 Å². The predicted octanol–water partition coefficient (Wildman–Crippen LogP) is 5.48. The zero-order valence-corrected chi connectivity index (χ0v) is 14.9. The summed E-state index contributed by atoms with van der Waals surface area (Å²) in [4.78, 5) is 4.63. The summed E-state index contributed by atoms with van der Waals surface area (Å²) in [6.45, 7) is 13.9. The van der Waals surface area contributed by atoms with Crippen LogP contribution in [0, 0.1) is 5.41 Å². The lowest BCUT2D eigenvalue weighted by Crippen LogP contribution is -2.19. The van der Waals surface area contributed by atoms with Crippen LogP contribution in [0.1, 0.15) is 65.6 Å². The van der Waals surface area contributed by atoms with E-state index in [0.29, 0.717) is 5.41 Å². The maximum absolute atomic E-state index is 4.63. The fraction of sp³-hybridized carbons (Fsp3) is 0.722. The average Bonchev–Trinajstić information content (AvgIpc) is 2.44. The maximum Gasteiger partial charge on any atom is 0.0449 e. The van der Waals surface area contributed by atoms with Crippen LogP contribution in [0.4, 0.5) is 0 Å². The Labute approximate surface area is 130 Å². The molecule has 0 N–H and O–H groups in total. The van der Waals surface area contributed by atoms with Gasteiger partial charge in [-0.2, -0.15) is 11.8 Å². The Morgan fingerprint density at radius 3 is 2.40 bits per heavy atom. The van der Waals surface area contributed by atoms with Crippen LogP contribution < -0.4 is 0 Å². The van der Waals surface area contributed by atoms with Crippen LogP contribution in [-0.4, -0.2) is 16.5 Å². The van der Waals surface area contributed by atoms with Crippen LogP contribution in [-0.2, 0) is 11.8 Å². The molecule has 0 fully saturated rings. The van der Waals surface area contributed by atoms with Gasteiger partial charge in [0.1, 0.15) is 0 Å². The Morgan fingerprint density at radius 1 is 1.10 bits per heavy atom. The minimum atomic E-state index is 0.233. The van der Waals surface area contributed by atoms with Gasteiger partial charge >= 0.3 is 0 Å². The fourth-order valence-corrected chi connectivity index (χ4v) is 3.30. The van der Waals surface area contributed by atoms with E-state index in [-0.39, 0.29) is 5.41 Å².